The molecule has 7 aromatic rings. The zero-order valence-corrected chi connectivity index (χ0v) is 32.1. The maximum absolute atomic E-state index is 12.1. The molecule has 3 heterocycles. The van der Waals surface area contributed by atoms with Crippen molar-refractivity contribution in [1.29, 1.82) is 0 Å². The van der Waals surface area contributed by atoms with Gasteiger partial charge in [-0.25, -0.2) is 24.1 Å². The van der Waals surface area contributed by atoms with E-state index >= 15 is 0 Å². The monoisotopic (exact) mass is 766 g/mol. The predicted molar refractivity (Wildman–Crippen MR) is 212 cm³/mol. The summed E-state index contributed by atoms with van der Waals surface area (Å²) >= 11 is 2.88. The Kier molecular flexibility index (Phi) is 10.2. The van der Waals surface area contributed by atoms with E-state index in [-0.39, 0.29) is 5.75 Å². The van der Waals surface area contributed by atoms with Crippen molar-refractivity contribution in [3.05, 3.63) is 102 Å². The summed E-state index contributed by atoms with van der Waals surface area (Å²) in [4.78, 5) is 48.1. The molecule has 0 amide bonds. The molecule has 2 unspecified atom stereocenters. The Bertz CT molecular complexity index is 2600. The molecule has 0 fully saturated rings. The van der Waals surface area contributed by atoms with Crippen LogP contribution in [0.1, 0.15) is 34.6 Å². The third-order valence-corrected chi connectivity index (χ3v) is 11.7. The lowest BCUT2D eigenvalue weighted by molar-refractivity contribution is 0.0592. The van der Waals surface area contributed by atoms with Crippen LogP contribution in [0, 0.1) is 0 Å². The first kappa shape index (κ1) is 36.0. The van der Waals surface area contributed by atoms with E-state index in [0.717, 1.165) is 42.7 Å². The van der Waals surface area contributed by atoms with Gasteiger partial charge in [0, 0.05) is 36.9 Å². The number of carbonyl (C=O) groups excluding carboxylic acids is 2. The second-order valence-corrected chi connectivity index (χ2v) is 15.0. The Labute approximate surface area is 313 Å². The first-order valence-corrected chi connectivity index (χ1v) is 19.5. The SMILES string of the molecule is CCN1C=CN(C)C1C.COC(=O)c1ccc2sc(-c3ccc4cc5cccc(-c6nc7cc(C(=O)OC)ccc7s6)c5cc4c3O[PH](=O)O)nc2c1. The summed E-state index contributed by atoms with van der Waals surface area (Å²) in [6.45, 7) is 5.46. The molecule has 1 aliphatic heterocycles. The van der Waals surface area contributed by atoms with Crippen molar-refractivity contribution in [1.82, 2.24) is 19.8 Å². The lowest BCUT2D eigenvalue weighted by Gasteiger charge is -2.25. The molecule has 0 radical (unpaired) electrons. The summed E-state index contributed by atoms with van der Waals surface area (Å²) < 4.78 is 29.2. The van der Waals surface area contributed by atoms with Gasteiger partial charge in [-0.15, -0.1) is 22.7 Å². The summed E-state index contributed by atoms with van der Waals surface area (Å²) in [5.74, 6) is -0.652. The van der Waals surface area contributed by atoms with E-state index in [0.29, 0.717) is 44.3 Å². The standard InChI is InChI=1S/C32H21N2O7PS2.C7H14N2/c1-39-31(35)18-7-10-26-24(13-18)33-29(43-26)20-5-3-4-16-12-17-6-9-21(28(41-42(37)38)23(17)15-22(16)20)30-34-25-14-19(32(36)40-2)8-11-27(25)44-30;1-4-9-6-5-8(3)7(9)2/h3-15,42H,1-2H3,(H,37,38);5-7H,4H2,1-3H3. The molecule has 14 heteroatoms. The first-order chi connectivity index (χ1) is 25.6. The van der Waals surface area contributed by atoms with Gasteiger partial charge in [0.25, 0.3) is 0 Å². The van der Waals surface area contributed by atoms with Crippen LogP contribution in [-0.2, 0) is 14.0 Å². The lowest BCUT2D eigenvalue weighted by atomic mass is 9.98. The van der Waals surface area contributed by atoms with Crippen LogP contribution in [0.5, 0.6) is 5.75 Å². The van der Waals surface area contributed by atoms with Crippen molar-refractivity contribution in [2.75, 3.05) is 27.8 Å². The van der Waals surface area contributed by atoms with Gasteiger partial charge < -0.3 is 28.7 Å². The topological polar surface area (TPSA) is 131 Å². The van der Waals surface area contributed by atoms with Gasteiger partial charge in [-0.1, -0.05) is 24.3 Å². The molecule has 5 aromatic carbocycles. The number of hydrogen-bond acceptors (Lipinski definition) is 12. The number of methoxy groups -OCH3 is 2. The van der Waals surface area contributed by atoms with Gasteiger partial charge in [-0.2, -0.15) is 0 Å². The number of esters is 2. The third kappa shape index (κ3) is 7.08. The fourth-order valence-corrected chi connectivity index (χ4v) is 8.59. The Morgan fingerprint density at radius 1 is 0.792 bits per heavy atom. The molecule has 0 aliphatic carbocycles. The second kappa shape index (κ2) is 15.0. The van der Waals surface area contributed by atoms with Crippen LogP contribution in [0.4, 0.5) is 0 Å². The predicted octanol–water partition coefficient (Wildman–Crippen LogP) is 8.95. The van der Waals surface area contributed by atoms with Crippen molar-refractivity contribution in [3.8, 4) is 26.9 Å². The fraction of sp³-hybridized carbons (Fsp3) is 0.179. The molecule has 8 rings (SSSR count). The van der Waals surface area contributed by atoms with Crippen molar-refractivity contribution >= 4 is 84.8 Å². The van der Waals surface area contributed by atoms with E-state index in [1.807, 2.05) is 48.5 Å². The largest absolute Gasteiger partial charge is 0.465 e. The van der Waals surface area contributed by atoms with E-state index in [1.165, 1.54) is 36.9 Å². The molecule has 0 saturated carbocycles. The molecular formula is C39H35N4O7PS2. The van der Waals surface area contributed by atoms with E-state index < -0.39 is 20.2 Å². The Morgan fingerprint density at radius 2 is 1.40 bits per heavy atom. The van der Waals surface area contributed by atoms with Crippen LogP contribution in [0.15, 0.2) is 91.3 Å². The summed E-state index contributed by atoms with van der Waals surface area (Å²) in [6.07, 6.45) is 4.79. The molecule has 0 bridgehead atoms. The third-order valence-electron chi connectivity index (χ3n) is 9.16. The number of hydrogen-bond donors (Lipinski definition) is 1. The van der Waals surface area contributed by atoms with Gasteiger partial charge >= 0.3 is 20.2 Å². The molecule has 2 aromatic heterocycles. The zero-order chi connectivity index (χ0) is 37.4. The van der Waals surface area contributed by atoms with E-state index in [4.69, 9.17) is 24.0 Å². The van der Waals surface area contributed by atoms with Crippen LogP contribution in [-0.4, -0.2) is 70.6 Å². The molecule has 1 aliphatic rings. The molecule has 0 saturated heterocycles. The van der Waals surface area contributed by atoms with Crippen molar-refractivity contribution in [3.63, 3.8) is 0 Å². The highest BCUT2D eigenvalue weighted by Gasteiger charge is 2.20. The highest BCUT2D eigenvalue weighted by atomic mass is 32.1. The van der Waals surface area contributed by atoms with E-state index in [2.05, 4.69) is 43.1 Å². The summed E-state index contributed by atoms with van der Waals surface area (Å²) in [7, 11) is 1.37. The van der Waals surface area contributed by atoms with Gasteiger partial charge in [-0.05, 0) is 84.6 Å². The number of benzene rings is 5. The Hall–Kier alpha value is -5.33. The maximum Gasteiger partial charge on any atom is 0.365 e. The van der Waals surface area contributed by atoms with Gasteiger partial charge in [0.05, 0.1) is 57.5 Å². The Balaban J connectivity index is 0.000000425. The van der Waals surface area contributed by atoms with E-state index in [9.17, 15) is 19.0 Å². The average molecular weight is 767 g/mol. The van der Waals surface area contributed by atoms with Crippen LogP contribution in [0.3, 0.4) is 0 Å². The summed E-state index contributed by atoms with van der Waals surface area (Å²) in [5, 5.41) is 4.61. The minimum absolute atomic E-state index is 0.241. The molecule has 2 atom stereocenters. The quantitative estimate of drug-likeness (QED) is 0.0948. The minimum atomic E-state index is -3.38. The number of rotatable bonds is 7. The van der Waals surface area contributed by atoms with Crippen molar-refractivity contribution < 1.29 is 33.0 Å². The highest BCUT2D eigenvalue weighted by molar-refractivity contribution is 7.32. The number of aromatic nitrogens is 2. The second-order valence-electron chi connectivity index (χ2n) is 12.2. The smallest absolute Gasteiger partial charge is 0.365 e. The van der Waals surface area contributed by atoms with Gasteiger partial charge in [-0.3, -0.25) is 0 Å². The first-order valence-electron chi connectivity index (χ1n) is 16.6. The number of ether oxygens (including phenoxy) is 2. The number of nitrogens with zero attached hydrogens (tertiary/aromatic N) is 4. The van der Waals surface area contributed by atoms with Gasteiger partial charge in [0.15, 0.2) is 0 Å². The fourth-order valence-electron chi connectivity index (χ4n) is 6.24. The van der Waals surface area contributed by atoms with Crippen molar-refractivity contribution in [2.45, 2.75) is 20.0 Å². The number of carbonyl (C=O) groups is 2. The summed E-state index contributed by atoms with van der Waals surface area (Å²) in [6, 6.07) is 24.0. The lowest BCUT2D eigenvalue weighted by Crippen LogP contribution is -2.33. The normalized spacial score (nSPS) is 14.5. The number of fused-ring (bicyclic) bond motifs is 4. The van der Waals surface area contributed by atoms with Crippen LogP contribution < -0.4 is 4.52 Å². The van der Waals surface area contributed by atoms with Crippen LogP contribution in [0.2, 0.25) is 0 Å². The average Bonchev–Trinajstić information content (AvgIpc) is 3.88. The van der Waals surface area contributed by atoms with E-state index in [1.54, 1.807) is 30.3 Å². The molecule has 11 nitrogen and oxygen atoms in total. The molecule has 1 N–H and O–H groups in total. The minimum Gasteiger partial charge on any atom is -0.465 e. The molecule has 53 heavy (non-hydrogen) atoms. The molecule has 270 valence electrons. The highest BCUT2D eigenvalue weighted by Crippen LogP contribution is 2.45. The molecule has 0 spiro atoms. The Morgan fingerprint density at radius 3 is 1.92 bits per heavy atom. The van der Waals surface area contributed by atoms with Crippen LogP contribution >= 0.6 is 30.9 Å². The van der Waals surface area contributed by atoms with Gasteiger partial charge in [0.1, 0.15) is 15.8 Å². The van der Waals surface area contributed by atoms with Gasteiger partial charge in [0.2, 0.25) is 0 Å². The zero-order valence-electron chi connectivity index (χ0n) is 29.4. The summed E-state index contributed by atoms with van der Waals surface area (Å²) in [5.41, 5.74) is 3.50. The number of thiazole rings is 2. The van der Waals surface area contributed by atoms with Crippen molar-refractivity contribution in [2.24, 2.45) is 0 Å². The van der Waals surface area contributed by atoms with Crippen LogP contribution in [0.25, 0.3) is 63.1 Å². The molecular weight excluding hydrogens is 732 g/mol. The maximum atomic E-state index is 12.1.